The number of nitrogens with one attached hydrogen (secondary N) is 1. The van der Waals surface area contributed by atoms with Crippen LogP contribution in [-0.2, 0) is 17.8 Å². The number of rotatable bonds is 6. The van der Waals surface area contributed by atoms with Gasteiger partial charge in [-0.2, -0.15) is 0 Å². The number of nitrogens with zero attached hydrogens (tertiary/aromatic N) is 4. The van der Waals surface area contributed by atoms with Crippen molar-refractivity contribution in [1.29, 1.82) is 0 Å². The van der Waals surface area contributed by atoms with Crippen LogP contribution in [0.15, 0.2) is 79.1 Å². The van der Waals surface area contributed by atoms with Crippen LogP contribution in [-0.4, -0.2) is 56.3 Å². The second kappa shape index (κ2) is 9.59. The molecule has 1 fully saturated rings. The third kappa shape index (κ3) is 4.50. The quantitative estimate of drug-likeness (QED) is 0.375. The topological polar surface area (TPSA) is 56.6 Å². The van der Waals surface area contributed by atoms with Gasteiger partial charge in [0.1, 0.15) is 11.5 Å². The van der Waals surface area contributed by atoms with Crippen molar-refractivity contribution in [3.05, 3.63) is 96.2 Å². The lowest BCUT2D eigenvalue weighted by Crippen LogP contribution is -2.48. The van der Waals surface area contributed by atoms with E-state index in [1.165, 1.54) is 6.07 Å². The molecule has 0 atom stereocenters. The van der Waals surface area contributed by atoms with Gasteiger partial charge < -0.3 is 14.3 Å². The van der Waals surface area contributed by atoms with Crippen molar-refractivity contribution in [2.75, 3.05) is 26.2 Å². The zero-order valence-electron chi connectivity index (χ0n) is 20.0. The summed E-state index contributed by atoms with van der Waals surface area (Å²) < 4.78 is 16.1. The molecule has 0 aliphatic carbocycles. The van der Waals surface area contributed by atoms with Gasteiger partial charge in [-0.15, -0.1) is 0 Å². The highest BCUT2D eigenvalue weighted by Gasteiger charge is 2.23. The van der Waals surface area contributed by atoms with E-state index in [1.807, 2.05) is 64.0 Å². The number of carbonyl (C=O) groups is 1. The molecule has 1 N–H and O–H groups in total. The molecule has 0 saturated carbocycles. The molecule has 2 aromatic carbocycles. The molecule has 1 amide bonds. The van der Waals surface area contributed by atoms with Crippen molar-refractivity contribution in [3.63, 3.8) is 0 Å². The van der Waals surface area contributed by atoms with Crippen molar-refractivity contribution in [2.24, 2.45) is 0 Å². The number of hydrogen-bond acceptors (Lipinski definition) is 3. The Morgan fingerprint density at radius 2 is 1.78 bits per heavy atom. The van der Waals surface area contributed by atoms with Crippen LogP contribution in [0.5, 0.6) is 0 Å². The number of imidazole rings is 1. The zero-order valence-corrected chi connectivity index (χ0v) is 20.0. The summed E-state index contributed by atoms with van der Waals surface area (Å²) in [4.78, 5) is 25.6. The van der Waals surface area contributed by atoms with Gasteiger partial charge in [0, 0.05) is 68.1 Å². The van der Waals surface area contributed by atoms with Crippen LogP contribution in [0, 0.1) is 5.82 Å². The normalized spacial score (nSPS) is 14.6. The molecule has 4 heterocycles. The molecule has 1 aliphatic heterocycles. The van der Waals surface area contributed by atoms with E-state index < -0.39 is 0 Å². The first-order chi connectivity index (χ1) is 17.6. The number of hydrogen-bond donors (Lipinski definition) is 1. The van der Waals surface area contributed by atoms with E-state index in [-0.39, 0.29) is 11.7 Å². The maximum Gasteiger partial charge on any atom is 0.222 e. The predicted octanol–water partition coefficient (Wildman–Crippen LogP) is 4.90. The van der Waals surface area contributed by atoms with Gasteiger partial charge >= 0.3 is 0 Å². The van der Waals surface area contributed by atoms with Crippen LogP contribution in [0.25, 0.3) is 27.8 Å². The summed E-state index contributed by atoms with van der Waals surface area (Å²) in [5.41, 5.74) is 5.88. The van der Waals surface area contributed by atoms with E-state index >= 15 is 0 Å². The molecule has 182 valence electrons. The molecule has 0 spiro atoms. The number of carbonyl (C=O) groups excluding carboxylic acids is 1. The number of H-pyrrole nitrogens is 1. The third-order valence-corrected chi connectivity index (χ3v) is 7.04. The Balaban J connectivity index is 1.11. The highest BCUT2D eigenvalue weighted by Crippen LogP contribution is 2.32. The fourth-order valence-corrected chi connectivity index (χ4v) is 5.17. The monoisotopic (exact) mass is 481 g/mol. The minimum Gasteiger partial charge on any atom is -0.354 e. The van der Waals surface area contributed by atoms with E-state index in [0.29, 0.717) is 25.9 Å². The van der Waals surface area contributed by atoms with Crippen LogP contribution in [0.4, 0.5) is 4.39 Å². The summed E-state index contributed by atoms with van der Waals surface area (Å²) in [5, 5.41) is 0.846. The minimum absolute atomic E-state index is 0.146. The van der Waals surface area contributed by atoms with E-state index in [9.17, 15) is 9.18 Å². The molecule has 6 rings (SSSR count). The summed E-state index contributed by atoms with van der Waals surface area (Å²) in [6.07, 6.45) is 5.04. The molecule has 0 bridgehead atoms. The van der Waals surface area contributed by atoms with Gasteiger partial charge in [-0.25, -0.2) is 9.37 Å². The molecule has 0 radical (unpaired) electrons. The summed E-state index contributed by atoms with van der Waals surface area (Å²) in [6, 6.07) is 20.8. The first-order valence-corrected chi connectivity index (χ1v) is 12.4. The Kier molecular flexibility index (Phi) is 5.99. The Hall–Kier alpha value is -3.97. The fourth-order valence-electron chi connectivity index (χ4n) is 5.17. The van der Waals surface area contributed by atoms with Crippen molar-refractivity contribution in [2.45, 2.75) is 19.4 Å². The lowest BCUT2D eigenvalue weighted by atomic mass is 10.0. The number of benzene rings is 2. The van der Waals surface area contributed by atoms with Gasteiger partial charge in [0.15, 0.2) is 0 Å². The number of fused-ring (bicyclic) bond motifs is 2. The molecule has 1 saturated heterocycles. The molecule has 7 heteroatoms. The largest absolute Gasteiger partial charge is 0.354 e. The summed E-state index contributed by atoms with van der Waals surface area (Å²) in [7, 11) is 0. The van der Waals surface area contributed by atoms with E-state index in [4.69, 9.17) is 4.98 Å². The number of piperazine rings is 1. The fraction of sp³-hybridized carbons (Fsp3) is 0.241. The van der Waals surface area contributed by atoms with Gasteiger partial charge in [0.05, 0.1) is 5.69 Å². The SMILES string of the molecule is O=C(CCc1c(-c2ccccc2)[nH]c2ccc(F)cc12)N1CCN(Cc2cn3ccccc3n2)CC1. The van der Waals surface area contributed by atoms with E-state index in [1.54, 1.807) is 12.1 Å². The molecular formula is C29H28FN5O. The smallest absolute Gasteiger partial charge is 0.222 e. The second-order valence-corrected chi connectivity index (χ2v) is 9.39. The Bertz CT molecular complexity index is 1480. The average molecular weight is 482 g/mol. The standard InChI is InChI=1S/C29H28FN5O/c30-22-9-11-26-25(18-22)24(29(32-26)21-6-2-1-3-7-21)10-12-28(36)34-16-14-33(15-17-34)19-23-20-35-13-5-4-8-27(35)31-23/h1-9,11,13,18,20,32H,10,12,14-17,19H2. The minimum atomic E-state index is -0.268. The van der Waals surface area contributed by atoms with Gasteiger partial charge in [0.2, 0.25) is 5.91 Å². The molecule has 6 nitrogen and oxygen atoms in total. The zero-order chi connectivity index (χ0) is 24.5. The van der Waals surface area contributed by atoms with Crippen LogP contribution in [0.2, 0.25) is 0 Å². The first kappa shape index (κ1) is 22.5. The number of aromatic nitrogens is 3. The number of aromatic amines is 1. The van der Waals surface area contributed by atoms with E-state index in [0.717, 1.165) is 58.7 Å². The first-order valence-electron chi connectivity index (χ1n) is 12.4. The number of pyridine rings is 1. The van der Waals surface area contributed by atoms with Crippen molar-refractivity contribution in [3.8, 4) is 11.3 Å². The third-order valence-electron chi connectivity index (χ3n) is 7.04. The Morgan fingerprint density at radius 3 is 2.58 bits per heavy atom. The van der Waals surface area contributed by atoms with Crippen LogP contribution < -0.4 is 0 Å². The predicted molar refractivity (Wildman–Crippen MR) is 139 cm³/mol. The summed E-state index contributed by atoms with van der Waals surface area (Å²) >= 11 is 0. The molecule has 1 aliphatic rings. The Morgan fingerprint density at radius 1 is 0.972 bits per heavy atom. The van der Waals surface area contributed by atoms with Crippen molar-refractivity contribution < 1.29 is 9.18 Å². The van der Waals surface area contributed by atoms with Crippen LogP contribution in [0.1, 0.15) is 17.7 Å². The lowest BCUT2D eigenvalue weighted by Gasteiger charge is -2.34. The van der Waals surface area contributed by atoms with Crippen molar-refractivity contribution in [1.82, 2.24) is 24.2 Å². The maximum atomic E-state index is 14.1. The van der Waals surface area contributed by atoms with Crippen molar-refractivity contribution >= 4 is 22.5 Å². The van der Waals surface area contributed by atoms with Gasteiger partial charge in [0.25, 0.3) is 0 Å². The number of amides is 1. The lowest BCUT2D eigenvalue weighted by molar-refractivity contribution is -0.132. The van der Waals surface area contributed by atoms with Gasteiger partial charge in [-0.3, -0.25) is 9.69 Å². The number of halogens is 1. The van der Waals surface area contributed by atoms with E-state index in [2.05, 4.69) is 16.1 Å². The van der Waals surface area contributed by atoms with Gasteiger partial charge in [-0.1, -0.05) is 36.4 Å². The summed E-state index contributed by atoms with van der Waals surface area (Å²) in [5.74, 6) is -0.123. The molecular weight excluding hydrogens is 453 g/mol. The highest BCUT2D eigenvalue weighted by molar-refractivity contribution is 5.91. The molecule has 36 heavy (non-hydrogen) atoms. The molecule has 5 aromatic rings. The van der Waals surface area contributed by atoms with Gasteiger partial charge in [-0.05, 0) is 47.9 Å². The maximum absolute atomic E-state index is 14.1. The average Bonchev–Trinajstić information content (AvgIpc) is 3.48. The molecule has 0 unspecified atom stereocenters. The van der Waals surface area contributed by atoms with Crippen LogP contribution in [0.3, 0.4) is 0 Å². The van der Waals surface area contributed by atoms with Crippen LogP contribution >= 0.6 is 0 Å². The Labute approximate surface area is 209 Å². The summed E-state index contributed by atoms with van der Waals surface area (Å²) in [6.45, 7) is 3.85. The molecule has 3 aromatic heterocycles. The highest BCUT2D eigenvalue weighted by atomic mass is 19.1. The second-order valence-electron chi connectivity index (χ2n) is 9.39. The number of aryl methyl sites for hydroxylation is 1.